The molecule has 0 aromatic heterocycles. The molecule has 26 heavy (non-hydrogen) atoms. The topological polar surface area (TPSA) is 21.7 Å². The van der Waals surface area contributed by atoms with Crippen LogP contribution in [0.1, 0.15) is 30.9 Å². The minimum Gasteiger partial charge on any atom is -0.354 e. The van der Waals surface area contributed by atoms with Gasteiger partial charge in [0.25, 0.3) is 0 Å². The predicted octanol–water partition coefficient (Wildman–Crippen LogP) is 5.03. The second-order valence-corrected chi connectivity index (χ2v) is 6.40. The van der Waals surface area contributed by atoms with Gasteiger partial charge < -0.3 is 9.47 Å². The van der Waals surface area contributed by atoms with E-state index < -0.39 is 0 Å². The van der Waals surface area contributed by atoms with E-state index in [2.05, 4.69) is 84.6 Å². The number of hydrogen-bond donors (Lipinski definition) is 0. The first-order valence-electron chi connectivity index (χ1n) is 9.31. The molecule has 0 amide bonds. The lowest BCUT2D eigenvalue weighted by molar-refractivity contribution is -0.149. The Balaban J connectivity index is 2.27. The summed E-state index contributed by atoms with van der Waals surface area (Å²) in [5, 5.41) is 0. The SMILES string of the molecule is CC/C=C\CC(C(OC)OC)N(Cc1ccccc1)Cc1ccccc1. The Kier molecular flexibility index (Phi) is 9.11. The Bertz CT molecular complexity index is 582. The van der Waals surface area contributed by atoms with Gasteiger partial charge in [0.1, 0.15) is 0 Å². The fourth-order valence-corrected chi connectivity index (χ4v) is 3.17. The van der Waals surface area contributed by atoms with Crippen molar-refractivity contribution in [2.45, 2.75) is 45.2 Å². The second-order valence-electron chi connectivity index (χ2n) is 6.40. The van der Waals surface area contributed by atoms with Crippen LogP contribution >= 0.6 is 0 Å². The molecule has 0 radical (unpaired) electrons. The summed E-state index contributed by atoms with van der Waals surface area (Å²) in [6.07, 6.45) is 6.09. The van der Waals surface area contributed by atoms with Crippen molar-refractivity contribution in [3.8, 4) is 0 Å². The molecule has 0 saturated carbocycles. The van der Waals surface area contributed by atoms with Gasteiger partial charge in [-0.3, -0.25) is 4.90 Å². The number of nitrogens with zero attached hydrogens (tertiary/aromatic N) is 1. The van der Waals surface area contributed by atoms with E-state index in [1.54, 1.807) is 14.2 Å². The van der Waals surface area contributed by atoms with E-state index in [4.69, 9.17) is 9.47 Å². The lowest BCUT2D eigenvalue weighted by atomic mass is 10.1. The number of allylic oxidation sites excluding steroid dienone is 1. The molecule has 0 aliphatic rings. The molecule has 0 spiro atoms. The van der Waals surface area contributed by atoms with Gasteiger partial charge in [0.05, 0.1) is 6.04 Å². The Hall–Kier alpha value is -1.94. The first-order valence-corrected chi connectivity index (χ1v) is 9.31. The molecule has 0 bridgehead atoms. The minimum atomic E-state index is -0.274. The Morgan fingerprint density at radius 3 is 1.73 bits per heavy atom. The lowest BCUT2D eigenvalue weighted by Gasteiger charge is -2.35. The number of hydrogen-bond acceptors (Lipinski definition) is 3. The largest absolute Gasteiger partial charge is 0.354 e. The smallest absolute Gasteiger partial charge is 0.172 e. The van der Waals surface area contributed by atoms with E-state index in [1.165, 1.54) is 11.1 Å². The van der Waals surface area contributed by atoms with Gasteiger partial charge in [-0.25, -0.2) is 0 Å². The van der Waals surface area contributed by atoms with E-state index in [9.17, 15) is 0 Å². The third-order valence-corrected chi connectivity index (χ3v) is 4.48. The molecule has 1 atom stereocenters. The molecule has 2 aromatic carbocycles. The van der Waals surface area contributed by atoms with Crippen molar-refractivity contribution in [1.29, 1.82) is 0 Å². The third kappa shape index (κ3) is 6.41. The van der Waals surface area contributed by atoms with Crippen LogP contribution in [0.25, 0.3) is 0 Å². The van der Waals surface area contributed by atoms with Crippen molar-refractivity contribution in [3.05, 3.63) is 83.9 Å². The highest BCUT2D eigenvalue weighted by Gasteiger charge is 2.27. The number of rotatable bonds is 11. The molecule has 0 aliphatic carbocycles. The maximum Gasteiger partial charge on any atom is 0.172 e. The van der Waals surface area contributed by atoms with Crippen molar-refractivity contribution >= 4 is 0 Å². The Morgan fingerprint density at radius 2 is 1.31 bits per heavy atom. The van der Waals surface area contributed by atoms with Crippen molar-refractivity contribution in [2.24, 2.45) is 0 Å². The number of benzene rings is 2. The molecule has 2 aromatic rings. The van der Waals surface area contributed by atoms with Crippen LogP contribution in [0.3, 0.4) is 0 Å². The van der Waals surface area contributed by atoms with E-state index in [0.29, 0.717) is 0 Å². The van der Waals surface area contributed by atoms with Crippen LogP contribution in [-0.4, -0.2) is 31.5 Å². The van der Waals surface area contributed by atoms with Gasteiger partial charge in [0.2, 0.25) is 0 Å². The Labute approximate surface area is 158 Å². The molecule has 0 heterocycles. The maximum atomic E-state index is 5.65. The van der Waals surface area contributed by atoms with Gasteiger partial charge in [-0.2, -0.15) is 0 Å². The minimum absolute atomic E-state index is 0.133. The molecule has 3 nitrogen and oxygen atoms in total. The van der Waals surface area contributed by atoms with Gasteiger partial charge in [-0.1, -0.05) is 79.7 Å². The normalized spacial score (nSPS) is 13.0. The van der Waals surface area contributed by atoms with Gasteiger partial charge in [-0.15, -0.1) is 0 Å². The summed E-state index contributed by atoms with van der Waals surface area (Å²) in [5.74, 6) is 0. The summed E-state index contributed by atoms with van der Waals surface area (Å²) in [6, 6.07) is 21.3. The second kappa shape index (κ2) is 11.6. The Morgan fingerprint density at radius 1 is 0.808 bits per heavy atom. The van der Waals surface area contributed by atoms with Crippen LogP contribution < -0.4 is 0 Å². The quantitative estimate of drug-likeness (QED) is 0.418. The van der Waals surface area contributed by atoms with Crippen LogP contribution in [0.2, 0.25) is 0 Å². The van der Waals surface area contributed by atoms with Crippen LogP contribution in [0, 0.1) is 0 Å². The fraction of sp³-hybridized carbons (Fsp3) is 0.391. The fourth-order valence-electron chi connectivity index (χ4n) is 3.17. The van der Waals surface area contributed by atoms with E-state index in [-0.39, 0.29) is 12.3 Å². The van der Waals surface area contributed by atoms with E-state index >= 15 is 0 Å². The zero-order valence-electron chi connectivity index (χ0n) is 16.2. The molecule has 0 aliphatic heterocycles. The molecular weight excluding hydrogens is 322 g/mol. The van der Waals surface area contributed by atoms with Crippen LogP contribution in [-0.2, 0) is 22.6 Å². The van der Waals surface area contributed by atoms with Crippen molar-refractivity contribution in [1.82, 2.24) is 4.90 Å². The third-order valence-electron chi connectivity index (χ3n) is 4.48. The first-order chi connectivity index (χ1) is 12.8. The monoisotopic (exact) mass is 353 g/mol. The van der Waals surface area contributed by atoms with Crippen LogP contribution in [0.4, 0.5) is 0 Å². The summed E-state index contributed by atoms with van der Waals surface area (Å²) < 4.78 is 11.3. The highest BCUT2D eigenvalue weighted by molar-refractivity contribution is 5.17. The molecule has 0 N–H and O–H groups in total. The average Bonchev–Trinajstić information content (AvgIpc) is 2.69. The molecule has 140 valence electrons. The zero-order valence-corrected chi connectivity index (χ0v) is 16.2. The highest BCUT2D eigenvalue weighted by atomic mass is 16.7. The molecule has 0 saturated heterocycles. The van der Waals surface area contributed by atoms with Crippen molar-refractivity contribution in [3.63, 3.8) is 0 Å². The average molecular weight is 354 g/mol. The standard InChI is InChI=1S/C23H31NO2/c1-4-5-8-17-22(23(25-2)26-3)24(18-20-13-9-6-10-14-20)19-21-15-11-7-12-16-21/h5-16,22-23H,4,17-19H2,1-3H3/b8-5-. The molecule has 0 fully saturated rings. The lowest BCUT2D eigenvalue weighted by Crippen LogP contribution is -2.44. The molecule has 3 heteroatoms. The van der Waals surface area contributed by atoms with Gasteiger partial charge in [-0.05, 0) is 24.0 Å². The van der Waals surface area contributed by atoms with Crippen LogP contribution in [0.5, 0.6) is 0 Å². The number of ether oxygens (including phenoxy) is 2. The van der Waals surface area contributed by atoms with Gasteiger partial charge >= 0.3 is 0 Å². The van der Waals surface area contributed by atoms with E-state index in [0.717, 1.165) is 25.9 Å². The van der Waals surface area contributed by atoms with Crippen molar-refractivity contribution in [2.75, 3.05) is 14.2 Å². The highest BCUT2D eigenvalue weighted by Crippen LogP contribution is 2.20. The molecule has 2 rings (SSSR count). The zero-order chi connectivity index (χ0) is 18.6. The summed E-state index contributed by atoms with van der Waals surface area (Å²) in [6.45, 7) is 3.86. The maximum absolute atomic E-state index is 5.65. The summed E-state index contributed by atoms with van der Waals surface area (Å²) in [7, 11) is 3.43. The van der Waals surface area contributed by atoms with E-state index in [1.807, 2.05) is 0 Å². The molecule has 1 unspecified atom stereocenters. The van der Waals surface area contributed by atoms with Gasteiger partial charge in [0.15, 0.2) is 6.29 Å². The van der Waals surface area contributed by atoms with Crippen molar-refractivity contribution < 1.29 is 9.47 Å². The summed E-state index contributed by atoms with van der Waals surface area (Å²) in [5.41, 5.74) is 2.58. The summed E-state index contributed by atoms with van der Waals surface area (Å²) >= 11 is 0. The first kappa shape index (κ1) is 20.4. The number of methoxy groups -OCH3 is 2. The van der Waals surface area contributed by atoms with Gasteiger partial charge in [0, 0.05) is 27.3 Å². The summed E-state index contributed by atoms with van der Waals surface area (Å²) in [4.78, 5) is 2.45. The van der Waals surface area contributed by atoms with Crippen LogP contribution in [0.15, 0.2) is 72.8 Å². The molecular formula is C23H31NO2. The predicted molar refractivity (Wildman–Crippen MR) is 108 cm³/mol.